The molecule has 0 unspecified atom stereocenters. The highest BCUT2D eigenvalue weighted by Gasteiger charge is 2.21. The lowest BCUT2D eigenvalue weighted by Crippen LogP contribution is -2.44. The Hall–Kier alpha value is -1.71. The molecule has 2 amide bonds. The van der Waals surface area contributed by atoms with Crippen LogP contribution in [0.3, 0.4) is 0 Å². The van der Waals surface area contributed by atoms with E-state index >= 15 is 0 Å². The van der Waals surface area contributed by atoms with Crippen LogP contribution in [0.15, 0.2) is 24.3 Å². The fourth-order valence-corrected chi connectivity index (χ4v) is 2.94. The lowest BCUT2D eigenvalue weighted by Gasteiger charge is -2.31. The van der Waals surface area contributed by atoms with Gasteiger partial charge in [-0.25, -0.2) is 4.79 Å². The molecule has 0 saturated heterocycles. The Bertz CT molecular complexity index is 482. The molecular formula is C18H28N2O2. The van der Waals surface area contributed by atoms with Gasteiger partial charge >= 0.3 is 6.03 Å². The average Bonchev–Trinajstić information content (AvgIpc) is 2.52. The Balaban J connectivity index is 1.85. The fraction of sp³-hybridized carbons (Fsp3) is 0.611. The van der Waals surface area contributed by atoms with E-state index in [0.717, 1.165) is 24.2 Å². The number of amides is 2. The Morgan fingerprint density at radius 3 is 2.73 bits per heavy atom. The topological polar surface area (TPSA) is 41.6 Å². The minimum atomic E-state index is 0.0158. The summed E-state index contributed by atoms with van der Waals surface area (Å²) >= 11 is 0. The van der Waals surface area contributed by atoms with E-state index in [1.807, 2.05) is 50.1 Å². The van der Waals surface area contributed by atoms with Crippen molar-refractivity contribution < 1.29 is 9.53 Å². The summed E-state index contributed by atoms with van der Waals surface area (Å²) in [7, 11) is 1.91. The van der Waals surface area contributed by atoms with Crippen LogP contribution in [0.1, 0.15) is 51.5 Å². The van der Waals surface area contributed by atoms with Gasteiger partial charge < -0.3 is 15.0 Å². The molecular weight excluding hydrogens is 276 g/mol. The lowest BCUT2D eigenvalue weighted by atomic mass is 9.95. The van der Waals surface area contributed by atoms with Gasteiger partial charge in [-0.1, -0.05) is 31.4 Å². The third kappa shape index (κ3) is 4.93. The number of nitrogens with one attached hydrogen (secondary N) is 1. The van der Waals surface area contributed by atoms with E-state index in [1.165, 1.54) is 19.3 Å². The number of rotatable bonds is 5. The standard InChI is InChI=1S/C18H28N2O2/c1-14(2)22-17-11-7-8-15(12-17)13-19-18(21)20(3)16-9-5-4-6-10-16/h7-8,11-12,14,16H,4-6,9-10,13H2,1-3H3,(H,19,21). The summed E-state index contributed by atoms with van der Waals surface area (Å²) in [6, 6.07) is 8.31. The second-order valence-corrected chi connectivity index (χ2v) is 6.38. The molecule has 0 spiro atoms. The molecule has 0 aliphatic heterocycles. The van der Waals surface area contributed by atoms with Gasteiger partial charge in [-0.05, 0) is 44.4 Å². The predicted molar refractivity (Wildman–Crippen MR) is 89.1 cm³/mol. The van der Waals surface area contributed by atoms with Gasteiger partial charge in [-0.15, -0.1) is 0 Å². The van der Waals surface area contributed by atoms with E-state index in [4.69, 9.17) is 4.74 Å². The van der Waals surface area contributed by atoms with Crippen molar-refractivity contribution in [2.75, 3.05) is 7.05 Å². The van der Waals surface area contributed by atoms with Crippen LogP contribution in [0.25, 0.3) is 0 Å². The first-order chi connectivity index (χ1) is 10.6. The molecule has 122 valence electrons. The quantitative estimate of drug-likeness (QED) is 0.895. The number of hydrogen-bond donors (Lipinski definition) is 1. The number of benzene rings is 1. The van der Waals surface area contributed by atoms with Crippen LogP contribution in [0.5, 0.6) is 5.75 Å². The number of carbonyl (C=O) groups excluding carboxylic acids is 1. The zero-order valence-electron chi connectivity index (χ0n) is 14.0. The summed E-state index contributed by atoms with van der Waals surface area (Å²) in [6.45, 7) is 4.55. The van der Waals surface area contributed by atoms with Gasteiger partial charge in [0.25, 0.3) is 0 Å². The third-order valence-electron chi connectivity index (χ3n) is 4.16. The number of nitrogens with zero attached hydrogens (tertiary/aromatic N) is 1. The van der Waals surface area contributed by atoms with Gasteiger partial charge in [0.05, 0.1) is 6.10 Å². The zero-order chi connectivity index (χ0) is 15.9. The van der Waals surface area contributed by atoms with Crippen LogP contribution in [0.2, 0.25) is 0 Å². The Labute approximate surface area is 133 Å². The SMILES string of the molecule is CC(C)Oc1cccc(CNC(=O)N(C)C2CCCCC2)c1. The van der Waals surface area contributed by atoms with Crippen LogP contribution in [-0.4, -0.2) is 30.1 Å². The highest BCUT2D eigenvalue weighted by Crippen LogP contribution is 2.21. The fourth-order valence-electron chi connectivity index (χ4n) is 2.94. The minimum absolute atomic E-state index is 0.0158. The summed E-state index contributed by atoms with van der Waals surface area (Å²) in [5.41, 5.74) is 1.06. The van der Waals surface area contributed by atoms with E-state index < -0.39 is 0 Å². The Morgan fingerprint density at radius 1 is 1.32 bits per heavy atom. The minimum Gasteiger partial charge on any atom is -0.491 e. The average molecular weight is 304 g/mol. The van der Waals surface area contributed by atoms with Gasteiger partial charge in [0.15, 0.2) is 0 Å². The molecule has 4 nitrogen and oxygen atoms in total. The van der Waals surface area contributed by atoms with Crippen LogP contribution in [0, 0.1) is 0 Å². The van der Waals surface area contributed by atoms with Crippen LogP contribution in [-0.2, 0) is 6.54 Å². The lowest BCUT2D eigenvalue weighted by molar-refractivity contribution is 0.173. The number of hydrogen-bond acceptors (Lipinski definition) is 2. The highest BCUT2D eigenvalue weighted by atomic mass is 16.5. The largest absolute Gasteiger partial charge is 0.491 e. The summed E-state index contributed by atoms with van der Waals surface area (Å²) in [6.07, 6.45) is 6.17. The molecule has 1 aromatic carbocycles. The smallest absolute Gasteiger partial charge is 0.317 e. The maximum Gasteiger partial charge on any atom is 0.317 e. The van der Waals surface area contributed by atoms with Crippen LogP contribution in [0.4, 0.5) is 4.79 Å². The predicted octanol–water partition coefficient (Wildman–Crippen LogP) is 3.95. The molecule has 1 aromatic rings. The van der Waals surface area contributed by atoms with Crippen molar-refractivity contribution in [2.24, 2.45) is 0 Å². The molecule has 1 N–H and O–H groups in total. The summed E-state index contributed by atoms with van der Waals surface area (Å²) < 4.78 is 5.68. The number of ether oxygens (including phenoxy) is 1. The molecule has 0 bridgehead atoms. The summed E-state index contributed by atoms with van der Waals surface area (Å²) in [5, 5.41) is 3.01. The van der Waals surface area contributed by atoms with Crippen LogP contribution >= 0.6 is 0 Å². The van der Waals surface area contributed by atoms with Gasteiger partial charge in [0.2, 0.25) is 0 Å². The first kappa shape index (κ1) is 16.7. The zero-order valence-corrected chi connectivity index (χ0v) is 14.0. The monoisotopic (exact) mass is 304 g/mol. The van der Waals surface area contributed by atoms with Crippen molar-refractivity contribution in [1.82, 2.24) is 10.2 Å². The van der Waals surface area contributed by atoms with Crippen molar-refractivity contribution in [3.63, 3.8) is 0 Å². The van der Waals surface area contributed by atoms with E-state index in [-0.39, 0.29) is 12.1 Å². The van der Waals surface area contributed by atoms with Crippen molar-refractivity contribution in [1.29, 1.82) is 0 Å². The van der Waals surface area contributed by atoms with Crippen molar-refractivity contribution in [2.45, 2.75) is 64.6 Å². The molecule has 4 heteroatoms. The molecule has 0 heterocycles. The maximum atomic E-state index is 12.3. The van der Waals surface area contributed by atoms with Gasteiger partial charge in [0, 0.05) is 19.6 Å². The summed E-state index contributed by atoms with van der Waals surface area (Å²) in [4.78, 5) is 14.1. The molecule has 22 heavy (non-hydrogen) atoms. The molecule has 1 aliphatic rings. The normalized spacial score (nSPS) is 15.6. The van der Waals surface area contributed by atoms with E-state index in [2.05, 4.69) is 5.32 Å². The molecule has 0 radical (unpaired) electrons. The van der Waals surface area contributed by atoms with Crippen molar-refractivity contribution in [3.05, 3.63) is 29.8 Å². The second kappa shape index (κ2) is 8.06. The number of urea groups is 1. The molecule has 0 atom stereocenters. The van der Waals surface area contributed by atoms with Crippen molar-refractivity contribution in [3.8, 4) is 5.75 Å². The van der Waals surface area contributed by atoms with Gasteiger partial charge in [-0.3, -0.25) is 0 Å². The van der Waals surface area contributed by atoms with E-state index in [0.29, 0.717) is 12.6 Å². The molecule has 2 rings (SSSR count). The molecule has 1 aliphatic carbocycles. The first-order valence-electron chi connectivity index (χ1n) is 8.32. The molecule has 0 aromatic heterocycles. The maximum absolute atomic E-state index is 12.3. The molecule has 1 fully saturated rings. The summed E-state index contributed by atoms with van der Waals surface area (Å²) in [5.74, 6) is 0.849. The van der Waals surface area contributed by atoms with E-state index in [1.54, 1.807) is 0 Å². The van der Waals surface area contributed by atoms with E-state index in [9.17, 15) is 4.79 Å². The number of carbonyl (C=O) groups is 1. The highest BCUT2D eigenvalue weighted by molar-refractivity contribution is 5.74. The first-order valence-corrected chi connectivity index (χ1v) is 8.32. The van der Waals surface area contributed by atoms with Crippen LogP contribution < -0.4 is 10.1 Å². The van der Waals surface area contributed by atoms with Gasteiger partial charge in [0.1, 0.15) is 5.75 Å². The van der Waals surface area contributed by atoms with Gasteiger partial charge in [-0.2, -0.15) is 0 Å². The van der Waals surface area contributed by atoms with Crippen molar-refractivity contribution >= 4 is 6.03 Å². The second-order valence-electron chi connectivity index (χ2n) is 6.38. The Morgan fingerprint density at radius 2 is 2.05 bits per heavy atom. The molecule has 1 saturated carbocycles. The third-order valence-corrected chi connectivity index (χ3v) is 4.16. The Kier molecular flexibility index (Phi) is 6.10.